The van der Waals surface area contributed by atoms with Crippen molar-refractivity contribution in [2.75, 3.05) is 37.6 Å². The number of carbonyl (C=O) groups is 1. The van der Waals surface area contributed by atoms with Crippen molar-refractivity contribution in [2.24, 2.45) is 0 Å². The van der Waals surface area contributed by atoms with Gasteiger partial charge in [0.05, 0.1) is 5.02 Å². The molecule has 0 spiro atoms. The Kier molecular flexibility index (Phi) is 5.94. The molecule has 25 heavy (non-hydrogen) atoms. The summed E-state index contributed by atoms with van der Waals surface area (Å²) >= 11 is 11.7. The van der Waals surface area contributed by atoms with Gasteiger partial charge in [-0.3, -0.25) is 9.69 Å². The molecule has 0 unspecified atom stereocenters. The first-order valence-corrected chi connectivity index (χ1v) is 8.99. The third-order valence-electron chi connectivity index (χ3n) is 4.46. The zero-order valence-corrected chi connectivity index (χ0v) is 15.2. The fourth-order valence-electron chi connectivity index (χ4n) is 2.96. The lowest BCUT2D eigenvalue weighted by Crippen LogP contribution is -2.46. The van der Waals surface area contributed by atoms with Gasteiger partial charge in [-0.15, -0.1) is 0 Å². The number of anilines is 1. The number of ketones is 1. The van der Waals surface area contributed by atoms with Gasteiger partial charge in [0.15, 0.2) is 5.78 Å². The number of hydrogen-bond donors (Lipinski definition) is 0. The van der Waals surface area contributed by atoms with Gasteiger partial charge in [-0.25, -0.2) is 4.39 Å². The van der Waals surface area contributed by atoms with E-state index in [-0.39, 0.29) is 10.8 Å². The standard InChI is InChI=1S/C19H19Cl2FN2O/c20-15-2-4-16(5-3-15)24-11-9-23(10-12-24)8-7-19(25)14-1-6-18(22)17(21)13-14/h1-6,13H,7-12H2. The minimum Gasteiger partial charge on any atom is -0.369 e. The van der Waals surface area contributed by atoms with Gasteiger partial charge in [-0.2, -0.15) is 0 Å². The van der Waals surface area contributed by atoms with Crippen molar-refractivity contribution in [2.45, 2.75) is 6.42 Å². The van der Waals surface area contributed by atoms with Crippen LogP contribution in [-0.4, -0.2) is 43.4 Å². The number of piperazine rings is 1. The van der Waals surface area contributed by atoms with Gasteiger partial charge in [0.25, 0.3) is 0 Å². The van der Waals surface area contributed by atoms with Crippen molar-refractivity contribution < 1.29 is 9.18 Å². The van der Waals surface area contributed by atoms with Crippen LogP contribution in [0.25, 0.3) is 0 Å². The van der Waals surface area contributed by atoms with E-state index in [1.54, 1.807) is 0 Å². The van der Waals surface area contributed by atoms with Gasteiger partial charge < -0.3 is 4.90 Å². The van der Waals surface area contributed by atoms with Gasteiger partial charge in [0.2, 0.25) is 0 Å². The van der Waals surface area contributed by atoms with E-state index in [2.05, 4.69) is 9.80 Å². The summed E-state index contributed by atoms with van der Waals surface area (Å²) in [5.41, 5.74) is 1.63. The highest BCUT2D eigenvalue weighted by Gasteiger charge is 2.18. The second-order valence-corrected chi connectivity index (χ2v) is 6.95. The van der Waals surface area contributed by atoms with Gasteiger partial charge in [0.1, 0.15) is 5.82 Å². The first-order chi connectivity index (χ1) is 12.0. The Hall–Kier alpha value is -1.62. The summed E-state index contributed by atoms with van der Waals surface area (Å²) in [4.78, 5) is 16.8. The predicted octanol–water partition coefficient (Wildman–Crippen LogP) is 4.53. The Morgan fingerprint density at radius 1 is 1.00 bits per heavy atom. The average molecular weight is 381 g/mol. The molecule has 1 heterocycles. The number of halogens is 3. The molecule has 0 saturated carbocycles. The highest BCUT2D eigenvalue weighted by atomic mass is 35.5. The van der Waals surface area contributed by atoms with E-state index in [0.717, 1.165) is 31.2 Å². The number of hydrogen-bond acceptors (Lipinski definition) is 3. The lowest BCUT2D eigenvalue weighted by Gasteiger charge is -2.36. The molecule has 0 aromatic heterocycles. The van der Waals surface area contributed by atoms with Crippen molar-refractivity contribution in [3.8, 4) is 0 Å². The van der Waals surface area contributed by atoms with Crippen LogP contribution in [0.4, 0.5) is 10.1 Å². The zero-order valence-electron chi connectivity index (χ0n) is 13.7. The molecule has 3 rings (SSSR count). The van der Waals surface area contributed by atoms with Crippen LogP contribution in [0.5, 0.6) is 0 Å². The summed E-state index contributed by atoms with van der Waals surface area (Å²) in [5.74, 6) is -0.515. The summed E-state index contributed by atoms with van der Waals surface area (Å²) in [6.07, 6.45) is 0.406. The van der Waals surface area contributed by atoms with Crippen molar-refractivity contribution in [1.29, 1.82) is 0 Å². The first-order valence-electron chi connectivity index (χ1n) is 8.24. The van der Waals surface area contributed by atoms with Crippen LogP contribution in [0.1, 0.15) is 16.8 Å². The fraction of sp³-hybridized carbons (Fsp3) is 0.316. The lowest BCUT2D eigenvalue weighted by molar-refractivity contribution is 0.0962. The molecule has 2 aromatic rings. The molecule has 0 N–H and O–H groups in total. The summed E-state index contributed by atoms with van der Waals surface area (Å²) in [7, 11) is 0. The maximum Gasteiger partial charge on any atom is 0.164 e. The number of benzene rings is 2. The van der Waals surface area contributed by atoms with Crippen molar-refractivity contribution in [3.63, 3.8) is 0 Å². The van der Waals surface area contributed by atoms with Crippen LogP contribution in [0.3, 0.4) is 0 Å². The molecular formula is C19H19Cl2FN2O. The Morgan fingerprint density at radius 3 is 2.32 bits per heavy atom. The maximum absolute atomic E-state index is 13.2. The third kappa shape index (κ3) is 4.72. The van der Waals surface area contributed by atoms with Crippen LogP contribution in [-0.2, 0) is 0 Å². The van der Waals surface area contributed by atoms with E-state index in [1.807, 2.05) is 24.3 Å². The summed E-state index contributed by atoms with van der Waals surface area (Å²) < 4.78 is 13.2. The molecule has 0 aliphatic carbocycles. The smallest absolute Gasteiger partial charge is 0.164 e. The van der Waals surface area contributed by atoms with E-state index in [0.29, 0.717) is 18.5 Å². The molecule has 2 aromatic carbocycles. The monoisotopic (exact) mass is 380 g/mol. The minimum atomic E-state index is -0.503. The quantitative estimate of drug-likeness (QED) is 0.712. The molecule has 1 aliphatic rings. The van der Waals surface area contributed by atoms with Crippen molar-refractivity contribution >= 4 is 34.7 Å². The molecule has 0 atom stereocenters. The van der Waals surface area contributed by atoms with Crippen LogP contribution >= 0.6 is 23.2 Å². The van der Waals surface area contributed by atoms with Gasteiger partial charge in [-0.05, 0) is 42.5 Å². The van der Waals surface area contributed by atoms with E-state index < -0.39 is 5.82 Å². The second kappa shape index (κ2) is 8.17. The number of nitrogens with zero attached hydrogens (tertiary/aromatic N) is 2. The zero-order chi connectivity index (χ0) is 17.8. The Balaban J connectivity index is 1.48. The minimum absolute atomic E-state index is 0.0116. The molecule has 3 nitrogen and oxygen atoms in total. The van der Waals surface area contributed by atoms with Crippen LogP contribution < -0.4 is 4.90 Å². The van der Waals surface area contributed by atoms with Crippen molar-refractivity contribution in [1.82, 2.24) is 4.90 Å². The summed E-state index contributed by atoms with van der Waals surface area (Å²) in [6.45, 7) is 4.33. The second-order valence-electron chi connectivity index (χ2n) is 6.11. The summed E-state index contributed by atoms with van der Waals surface area (Å²) in [6, 6.07) is 12.0. The highest BCUT2D eigenvalue weighted by Crippen LogP contribution is 2.20. The number of carbonyl (C=O) groups excluding carboxylic acids is 1. The molecule has 0 radical (unpaired) electrons. The number of Topliss-reactive ketones (excluding diaryl/α,β-unsaturated/α-hetero) is 1. The fourth-order valence-corrected chi connectivity index (χ4v) is 3.26. The van der Waals surface area contributed by atoms with Gasteiger partial charge in [-0.1, -0.05) is 23.2 Å². The van der Waals surface area contributed by atoms with Crippen LogP contribution in [0, 0.1) is 5.82 Å². The maximum atomic E-state index is 13.2. The molecule has 1 saturated heterocycles. The summed E-state index contributed by atoms with van der Waals surface area (Å²) in [5, 5.41) is 0.726. The molecule has 0 amide bonds. The highest BCUT2D eigenvalue weighted by molar-refractivity contribution is 6.31. The van der Waals surface area contributed by atoms with E-state index in [4.69, 9.17) is 23.2 Å². The van der Waals surface area contributed by atoms with Gasteiger partial charge >= 0.3 is 0 Å². The predicted molar refractivity (Wildman–Crippen MR) is 100 cm³/mol. The third-order valence-corrected chi connectivity index (χ3v) is 5.00. The lowest BCUT2D eigenvalue weighted by atomic mass is 10.1. The molecule has 6 heteroatoms. The molecule has 1 aliphatic heterocycles. The molecule has 132 valence electrons. The Labute approximate surface area is 156 Å². The van der Waals surface area contributed by atoms with E-state index >= 15 is 0 Å². The normalized spacial score (nSPS) is 15.4. The van der Waals surface area contributed by atoms with Crippen LogP contribution in [0.2, 0.25) is 10.0 Å². The topological polar surface area (TPSA) is 23.6 Å². The molecule has 1 fully saturated rings. The van der Waals surface area contributed by atoms with Crippen LogP contribution in [0.15, 0.2) is 42.5 Å². The Morgan fingerprint density at radius 2 is 1.68 bits per heavy atom. The molecular weight excluding hydrogens is 362 g/mol. The average Bonchev–Trinajstić information content (AvgIpc) is 2.63. The first kappa shape index (κ1) is 18.2. The van der Waals surface area contributed by atoms with Gasteiger partial charge in [0, 0.05) is 55.4 Å². The largest absolute Gasteiger partial charge is 0.369 e. The Bertz CT molecular complexity index is 744. The van der Waals surface area contributed by atoms with E-state index in [1.165, 1.54) is 23.9 Å². The van der Waals surface area contributed by atoms with E-state index in [9.17, 15) is 9.18 Å². The van der Waals surface area contributed by atoms with Crippen molar-refractivity contribution in [3.05, 3.63) is 63.9 Å². The SMILES string of the molecule is O=C(CCN1CCN(c2ccc(Cl)cc2)CC1)c1ccc(F)c(Cl)c1. The molecule has 0 bridgehead atoms. The number of rotatable bonds is 5.